The Morgan fingerprint density at radius 2 is 2.50 bits per heavy atom. The first kappa shape index (κ1) is 6.01. The van der Waals surface area contributed by atoms with Gasteiger partial charge in [-0.05, 0) is 0 Å². The summed E-state index contributed by atoms with van der Waals surface area (Å²) in [6, 6.07) is 0. The molecule has 0 aromatic rings. The standard InChI is InChI=1S/C4H7OP/c1-2-3-4-6-5/h2-3H2,1H3. The zero-order chi connectivity index (χ0) is 4.83. The van der Waals surface area contributed by atoms with E-state index in [1.54, 1.807) is 0 Å². The van der Waals surface area contributed by atoms with Crippen molar-refractivity contribution < 1.29 is 4.57 Å². The average molecular weight is 102 g/mol. The Bertz CT molecular complexity index is 99.7. The van der Waals surface area contributed by atoms with E-state index in [1.807, 2.05) is 6.92 Å². The second-order valence-corrected chi connectivity index (χ2v) is 1.50. The molecule has 0 bridgehead atoms. The summed E-state index contributed by atoms with van der Waals surface area (Å²) in [5, 5.41) is 0. The zero-order valence-corrected chi connectivity index (χ0v) is 4.66. The first-order valence-corrected chi connectivity index (χ1v) is 2.78. The van der Waals surface area contributed by atoms with Gasteiger partial charge < -0.3 is 0 Å². The zero-order valence-electron chi connectivity index (χ0n) is 3.77. The first-order valence-electron chi connectivity index (χ1n) is 1.97. The van der Waals surface area contributed by atoms with Crippen molar-refractivity contribution in [3.63, 3.8) is 0 Å². The van der Waals surface area contributed by atoms with Gasteiger partial charge in [0.25, 0.3) is 0 Å². The van der Waals surface area contributed by atoms with Gasteiger partial charge in [0.1, 0.15) is 0 Å². The number of hydrogen-bond donors (Lipinski definition) is 0. The average Bonchev–Trinajstić information content (AvgIpc) is 1.61. The molecule has 34 valence electrons. The molecule has 2 heteroatoms. The van der Waals surface area contributed by atoms with E-state index < -0.39 is 0 Å². The summed E-state index contributed by atoms with van der Waals surface area (Å²) in [7, 11) is 0.0454. The number of rotatable bonds is 1. The molecule has 0 atom stereocenters. The summed E-state index contributed by atoms with van der Waals surface area (Å²) < 4.78 is 9.55. The van der Waals surface area contributed by atoms with Crippen molar-refractivity contribution in [3.8, 4) is 5.63 Å². The van der Waals surface area contributed by atoms with Gasteiger partial charge in [-0.1, -0.05) is 0 Å². The van der Waals surface area contributed by atoms with E-state index in [9.17, 15) is 4.57 Å². The Morgan fingerprint density at radius 3 is 2.67 bits per heavy atom. The summed E-state index contributed by atoms with van der Waals surface area (Å²) in [6.45, 7) is 2.03. The van der Waals surface area contributed by atoms with Crippen LogP contribution in [-0.2, 0) is 4.57 Å². The van der Waals surface area contributed by atoms with Crippen LogP contribution in [0.25, 0.3) is 0 Å². The van der Waals surface area contributed by atoms with Crippen LogP contribution in [0.4, 0.5) is 0 Å². The van der Waals surface area contributed by atoms with Gasteiger partial charge >= 0.3 is 37.9 Å². The third-order valence-electron chi connectivity index (χ3n) is 0.426. The summed E-state index contributed by atoms with van der Waals surface area (Å²) in [4.78, 5) is 0. The van der Waals surface area contributed by atoms with Gasteiger partial charge in [-0.3, -0.25) is 0 Å². The molecule has 0 aliphatic carbocycles. The van der Waals surface area contributed by atoms with E-state index in [-0.39, 0.29) is 7.92 Å². The molecule has 0 amide bonds. The third kappa shape index (κ3) is 4.01. The molecule has 0 radical (unpaired) electrons. The van der Waals surface area contributed by atoms with Gasteiger partial charge in [-0.2, -0.15) is 0 Å². The van der Waals surface area contributed by atoms with Crippen LogP contribution in [0.2, 0.25) is 0 Å². The first-order chi connectivity index (χ1) is 2.91. The fourth-order valence-electron chi connectivity index (χ4n) is 0.157. The van der Waals surface area contributed by atoms with Crippen molar-refractivity contribution in [1.29, 1.82) is 0 Å². The van der Waals surface area contributed by atoms with Crippen molar-refractivity contribution in [3.05, 3.63) is 0 Å². The van der Waals surface area contributed by atoms with Gasteiger partial charge in [0.15, 0.2) is 0 Å². The molecule has 0 aromatic carbocycles. The van der Waals surface area contributed by atoms with Gasteiger partial charge in [-0.15, -0.1) is 0 Å². The molecule has 0 saturated heterocycles. The molecule has 0 N–H and O–H groups in total. The van der Waals surface area contributed by atoms with E-state index in [2.05, 4.69) is 5.63 Å². The van der Waals surface area contributed by atoms with Crippen LogP contribution in [0.5, 0.6) is 0 Å². The van der Waals surface area contributed by atoms with Crippen LogP contribution in [0, 0.1) is 5.63 Å². The molecule has 0 aromatic heterocycles. The molecule has 0 saturated carbocycles. The molecule has 0 spiro atoms. The molecule has 0 unspecified atom stereocenters. The predicted molar refractivity (Wildman–Crippen MR) is 26.4 cm³/mol. The van der Waals surface area contributed by atoms with E-state index in [4.69, 9.17) is 0 Å². The van der Waals surface area contributed by atoms with Crippen LogP contribution in [0.3, 0.4) is 0 Å². The summed E-state index contributed by atoms with van der Waals surface area (Å²) in [5.41, 5.74) is 2.61. The van der Waals surface area contributed by atoms with E-state index in [0.29, 0.717) is 0 Å². The molecule has 0 rings (SSSR count). The maximum atomic E-state index is 9.55. The monoisotopic (exact) mass is 102 g/mol. The van der Waals surface area contributed by atoms with Crippen molar-refractivity contribution in [2.75, 3.05) is 0 Å². The quantitative estimate of drug-likeness (QED) is 0.463. The van der Waals surface area contributed by atoms with Crippen LogP contribution >= 0.6 is 7.92 Å². The molecule has 1 nitrogen and oxygen atoms in total. The summed E-state index contributed by atoms with van der Waals surface area (Å²) in [6.07, 6.45) is 1.88. The van der Waals surface area contributed by atoms with Crippen LogP contribution in [0.15, 0.2) is 0 Å². The Labute approximate surface area is 38.9 Å². The second kappa shape index (κ2) is 5.01. The normalized spacial score (nSPS) is 6.83. The molecule has 0 heterocycles. The molecular weight excluding hydrogens is 95.0 g/mol. The van der Waals surface area contributed by atoms with Crippen molar-refractivity contribution >= 4 is 7.92 Å². The van der Waals surface area contributed by atoms with Crippen LogP contribution < -0.4 is 0 Å². The minimum atomic E-state index is 0.0454. The van der Waals surface area contributed by atoms with Gasteiger partial charge in [0, 0.05) is 0 Å². The molecule has 0 fully saturated rings. The van der Waals surface area contributed by atoms with Crippen LogP contribution in [-0.4, -0.2) is 0 Å². The van der Waals surface area contributed by atoms with Gasteiger partial charge in [0.2, 0.25) is 0 Å². The van der Waals surface area contributed by atoms with Crippen molar-refractivity contribution in [1.82, 2.24) is 0 Å². The SMILES string of the molecule is CCCC#P=O. The third-order valence-corrected chi connectivity index (χ3v) is 0.779. The van der Waals surface area contributed by atoms with E-state index >= 15 is 0 Å². The summed E-state index contributed by atoms with van der Waals surface area (Å²) in [5.74, 6) is 0. The molecule has 6 heavy (non-hydrogen) atoms. The fraction of sp³-hybridized carbons (Fsp3) is 0.750. The van der Waals surface area contributed by atoms with Crippen LogP contribution in [0.1, 0.15) is 19.8 Å². The Morgan fingerprint density at radius 1 is 1.83 bits per heavy atom. The Balaban J connectivity index is 3.01. The molecular formula is C4H7OP. The topological polar surface area (TPSA) is 17.1 Å². The van der Waals surface area contributed by atoms with Gasteiger partial charge in [-0.25, -0.2) is 0 Å². The maximum absolute atomic E-state index is 9.55. The van der Waals surface area contributed by atoms with Gasteiger partial charge in [0.05, 0.1) is 0 Å². The Kier molecular flexibility index (Phi) is 5.02. The Hall–Kier alpha value is 0.01000. The van der Waals surface area contributed by atoms with E-state index in [0.717, 1.165) is 12.8 Å². The van der Waals surface area contributed by atoms with Crippen molar-refractivity contribution in [2.45, 2.75) is 19.8 Å². The second-order valence-electron chi connectivity index (χ2n) is 0.999. The minimum absolute atomic E-state index is 0.0454. The molecule has 0 aliphatic rings. The molecule has 0 aliphatic heterocycles. The van der Waals surface area contributed by atoms with Crippen molar-refractivity contribution in [2.24, 2.45) is 0 Å². The fourth-order valence-corrected chi connectivity index (χ4v) is 0.472. The number of unbranched alkanes of at least 4 members (excludes halogenated alkanes) is 1. The van der Waals surface area contributed by atoms with E-state index in [1.165, 1.54) is 0 Å². The summed E-state index contributed by atoms with van der Waals surface area (Å²) >= 11 is 0. The predicted octanol–water partition coefficient (Wildman–Crippen LogP) is 2.04. The number of hydrogen-bond acceptors (Lipinski definition) is 1.